The van der Waals surface area contributed by atoms with Gasteiger partial charge in [0.2, 0.25) is 0 Å². The highest BCUT2D eigenvalue weighted by atomic mass is 32.2. The third-order valence-electron chi connectivity index (χ3n) is 5.00. The first-order valence-electron chi connectivity index (χ1n) is 9.59. The number of aryl methyl sites for hydroxylation is 1. The highest BCUT2D eigenvalue weighted by Gasteiger charge is 2.36. The Morgan fingerprint density at radius 1 is 1.30 bits per heavy atom. The lowest BCUT2D eigenvalue weighted by atomic mass is 10.1. The number of hydrogen-bond acceptors (Lipinski definition) is 5. The number of carboxylic acid groups (broad SMARTS) is 1. The van der Waals surface area contributed by atoms with Gasteiger partial charge in [0.25, 0.3) is 5.92 Å². The molecule has 162 valence electrons. The minimum Gasteiger partial charge on any atom is -0.478 e. The summed E-state index contributed by atoms with van der Waals surface area (Å²) in [4.78, 5) is 14.3. The summed E-state index contributed by atoms with van der Waals surface area (Å²) >= 11 is 1.23. The Labute approximate surface area is 181 Å². The molecule has 1 aliphatic rings. The van der Waals surface area contributed by atoms with Crippen LogP contribution < -0.4 is 9.62 Å². The fourth-order valence-corrected chi connectivity index (χ4v) is 4.86. The normalized spacial score (nSPS) is 16.9. The maximum atomic E-state index is 14.0. The molecule has 0 aliphatic carbocycles. The van der Waals surface area contributed by atoms with Crippen molar-refractivity contribution in [2.24, 2.45) is 0 Å². The molecule has 5 nitrogen and oxygen atoms in total. The minimum atomic E-state index is -2.75. The van der Waals surface area contributed by atoms with Crippen LogP contribution in [0.1, 0.15) is 35.7 Å². The summed E-state index contributed by atoms with van der Waals surface area (Å²) in [5.41, 5.74) is 2.34. The molecular formula is C21H24F2N2O3S2. The Balaban J connectivity index is 1.92. The summed E-state index contributed by atoms with van der Waals surface area (Å²) in [7, 11) is -1.23. The molecule has 0 amide bonds. The molecule has 1 unspecified atom stereocenters. The summed E-state index contributed by atoms with van der Waals surface area (Å²) in [6.07, 6.45) is 2.54. The first-order valence-corrected chi connectivity index (χ1v) is 12.0. The van der Waals surface area contributed by atoms with E-state index in [0.717, 1.165) is 10.5 Å². The van der Waals surface area contributed by atoms with Gasteiger partial charge in [-0.05, 0) is 60.7 Å². The van der Waals surface area contributed by atoms with Gasteiger partial charge in [-0.15, -0.1) is 0 Å². The number of rotatable bonds is 7. The van der Waals surface area contributed by atoms with E-state index in [0.29, 0.717) is 35.7 Å². The number of benzene rings is 2. The van der Waals surface area contributed by atoms with Crippen molar-refractivity contribution in [3.8, 4) is 0 Å². The van der Waals surface area contributed by atoms with Gasteiger partial charge in [-0.2, -0.15) is 0 Å². The Bertz CT molecular complexity index is 969. The number of anilines is 2. The van der Waals surface area contributed by atoms with E-state index in [1.165, 1.54) is 11.9 Å². The SMILES string of the molecule is CCc1ccc(C(=O)O)cc1SNc1cc(S(C)=O)ccc1N1CCCC(F)(F)C1. The standard InChI is InChI=1S/C21H24F2N2O3S2/c1-3-14-5-6-15(20(26)27)11-19(14)29-24-17-12-16(30(2)28)7-8-18(17)25-10-4-9-21(22,23)13-25/h5-8,11-12,24H,3-4,9-10,13H2,1-2H3,(H,26,27). The lowest BCUT2D eigenvalue weighted by Gasteiger charge is -2.35. The third kappa shape index (κ3) is 5.31. The van der Waals surface area contributed by atoms with E-state index in [4.69, 9.17) is 0 Å². The zero-order valence-electron chi connectivity index (χ0n) is 16.8. The van der Waals surface area contributed by atoms with E-state index in [9.17, 15) is 22.9 Å². The van der Waals surface area contributed by atoms with Gasteiger partial charge in [0, 0.05) is 39.8 Å². The van der Waals surface area contributed by atoms with E-state index in [1.54, 1.807) is 47.6 Å². The second kappa shape index (κ2) is 9.34. The number of hydrogen-bond donors (Lipinski definition) is 2. The fourth-order valence-electron chi connectivity index (χ4n) is 3.41. The number of nitrogens with zero attached hydrogens (tertiary/aromatic N) is 1. The van der Waals surface area contributed by atoms with Crippen molar-refractivity contribution in [2.75, 3.05) is 29.0 Å². The van der Waals surface area contributed by atoms with Gasteiger partial charge < -0.3 is 14.7 Å². The molecular weight excluding hydrogens is 430 g/mol. The molecule has 0 bridgehead atoms. The Hall–Kier alpha value is -2.13. The van der Waals surface area contributed by atoms with Crippen LogP contribution in [0.15, 0.2) is 46.2 Å². The maximum Gasteiger partial charge on any atom is 0.335 e. The second-order valence-corrected chi connectivity index (χ2v) is 9.43. The summed E-state index contributed by atoms with van der Waals surface area (Å²) in [6, 6.07) is 10.0. The molecule has 3 rings (SSSR count). The molecule has 1 saturated heterocycles. The average molecular weight is 455 g/mol. The summed E-state index contributed by atoms with van der Waals surface area (Å²) in [5, 5.41) is 9.28. The van der Waals surface area contributed by atoms with Gasteiger partial charge >= 0.3 is 5.97 Å². The smallest absolute Gasteiger partial charge is 0.335 e. The predicted molar refractivity (Wildman–Crippen MR) is 117 cm³/mol. The third-order valence-corrected chi connectivity index (χ3v) is 6.84. The average Bonchev–Trinajstić information content (AvgIpc) is 2.70. The highest BCUT2D eigenvalue weighted by molar-refractivity contribution is 8.00. The van der Waals surface area contributed by atoms with Crippen LogP contribution >= 0.6 is 11.9 Å². The number of piperidine rings is 1. The molecule has 2 aromatic carbocycles. The van der Waals surface area contributed by atoms with Gasteiger partial charge in [0.15, 0.2) is 0 Å². The zero-order chi connectivity index (χ0) is 21.9. The fraction of sp³-hybridized carbons (Fsp3) is 0.381. The van der Waals surface area contributed by atoms with Crippen LogP contribution in [0.2, 0.25) is 0 Å². The number of halogens is 2. The van der Waals surface area contributed by atoms with Crippen LogP contribution in [0.3, 0.4) is 0 Å². The molecule has 30 heavy (non-hydrogen) atoms. The molecule has 1 fully saturated rings. The van der Waals surface area contributed by atoms with E-state index in [-0.39, 0.29) is 18.5 Å². The van der Waals surface area contributed by atoms with Gasteiger partial charge in [-0.25, -0.2) is 13.6 Å². The molecule has 2 aromatic rings. The van der Waals surface area contributed by atoms with Crippen LogP contribution in [0, 0.1) is 0 Å². The topological polar surface area (TPSA) is 69.6 Å². The molecule has 0 saturated carbocycles. The van der Waals surface area contributed by atoms with Crippen molar-refractivity contribution in [2.45, 2.75) is 41.9 Å². The molecule has 9 heteroatoms. The van der Waals surface area contributed by atoms with Gasteiger partial charge in [0.1, 0.15) is 0 Å². The lowest BCUT2D eigenvalue weighted by molar-refractivity contribution is -0.0116. The summed E-state index contributed by atoms with van der Waals surface area (Å²) in [5.74, 6) is -3.76. The van der Waals surface area contributed by atoms with Crippen molar-refractivity contribution in [1.29, 1.82) is 0 Å². The Kier molecular flexibility index (Phi) is 7.02. The molecule has 1 atom stereocenters. The molecule has 0 radical (unpaired) electrons. The maximum absolute atomic E-state index is 14.0. The quantitative estimate of drug-likeness (QED) is 0.572. The lowest BCUT2D eigenvalue weighted by Crippen LogP contribution is -2.42. The number of alkyl halides is 2. The van der Waals surface area contributed by atoms with Crippen molar-refractivity contribution in [1.82, 2.24) is 0 Å². The molecule has 1 heterocycles. The van der Waals surface area contributed by atoms with Crippen LogP contribution in [0.5, 0.6) is 0 Å². The molecule has 1 aliphatic heterocycles. The van der Waals surface area contributed by atoms with E-state index < -0.39 is 22.7 Å². The van der Waals surface area contributed by atoms with Gasteiger partial charge in [-0.3, -0.25) is 4.21 Å². The number of nitrogens with one attached hydrogen (secondary N) is 1. The number of carboxylic acids is 1. The van der Waals surface area contributed by atoms with Crippen LogP contribution in [0.4, 0.5) is 20.2 Å². The summed E-state index contributed by atoms with van der Waals surface area (Å²) in [6.45, 7) is 2.12. The van der Waals surface area contributed by atoms with E-state index in [1.807, 2.05) is 6.92 Å². The van der Waals surface area contributed by atoms with E-state index >= 15 is 0 Å². The second-order valence-electron chi connectivity index (χ2n) is 7.20. The van der Waals surface area contributed by atoms with Crippen LogP contribution in [0.25, 0.3) is 0 Å². The van der Waals surface area contributed by atoms with Gasteiger partial charge in [0.05, 0.1) is 23.5 Å². The molecule has 0 spiro atoms. The van der Waals surface area contributed by atoms with Crippen molar-refractivity contribution in [3.05, 3.63) is 47.5 Å². The first kappa shape index (κ1) is 22.6. The Morgan fingerprint density at radius 3 is 2.70 bits per heavy atom. The minimum absolute atomic E-state index is 0.125. The van der Waals surface area contributed by atoms with Crippen molar-refractivity contribution in [3.63, 3.8) is 0 Å². The summed E-state index contributed by atoms with van der Waals surface area (Å²) < 4.78 is 43.1. The molecule has 2 N–H and O–H groups in total. The number of aromatic carboxylic acids is 1. The van der Waals surface area contributed by atoms with Gasteiger partial charge in [-0.1, -0.05) is 13.0 Å². The van der Waals surface area contributed by atoms with Crippen molar-refractivity contribution < 1.29 is 22.9 Å². The number of carbonyl (C=O) groups is 1. The monoisotopic (exact) mass is 454 g/mol. The Morgan fingerprint density at radius 2 is 2.07 bits per heavy atom. The zero-order valence-corrected chi connectivity index (χ0v) is 18.4. The van der Waals surface area contributed by atoms with Crippen LogP contribution in [-0.4, -0.2) is 40.6 Å². The largest absolute Gasteiger partial charge is 0.478 e. The first-order chi connectivity index (χ1) is 14.2. The van der Waals surface area contributed by atoms with E-state index in [2.05, 4.69) is 4.72 Å². The van der Waals surface area contributed by atoms with Crippen LogP contribution in [-0.2, 0) is 17.2 Å². The predicted octanol–water partition coefficient (Wildman–Crippen LogP) is 5.04. The van der Waals surface area contributed by atoms with Crippen molar-refractivity contribution >= 4 is 40.1 Å². The highest BCUT2D eigenvalue weighted by Crippen LogP contribution is 2.37. The molecule has 0 aromatic heterocycles.